The van der Waals surface area contributed by atoms with Crippen LogP contribution in [0.25, 0.3) is 0 Å². The average Bonchev–Trinajstić information content (AvgIpc) is 3.08. The predicted octanol–water partition coefficient (Wildman–Crippen LogP) is 1.01. The molecule has 0 aromatic carbocycles. The summed E-state index contributed by atoms with van der Waals surface area (Å²) in [7, 11) is 0. The number of rotatable bonds is 6. The van der Waals surface area contributed by atoms with Gasteiger partial charge in [-0.15, -0.1) is 0 Å². The lowest BCUT2D eigenvalue weighted by Crippen LogP contribution is -3.15. The molecule has 1 N–H and O–H groups in total. The molecular formula is C21H24Cl2N3O4+. The number of carbonyl (C=O) groups excluding carboxylic acids is 4. The minimum atomic E-state index is -0.425. The summed E-state index contributed by atoms with van der Waals surface area (Å²) in [5.74, 6) is -2.50. The van der Waals surface area contributed by atoms with Gasteiger partial charge in [-0.25, -0.2) is 9.80 Å². The molecule has 160 valence electrons. The summed E-state index contributed by atoms with van der Waals surface area (Å²) >= 11 is 12.2. The molecule has 2 aliphatic heterocycles. The molecule has 4 amide bonds. The highest BCUT2D eigenvalue weighted by atomic mass is 35.5. The first-order valence-corrected chi connectivity index (χ1v) is 10.9. The maximum atomic E-state index is 12.9. The van der Waals surface area contributed by atoms with Gasteiger partial charge in [-0.3, -0.25) is 24.1 Å². The first kappa shape index (κ1) is 21.3. The topological polar surface area (TPSA) is 79.2 Å². The van der Waals surface area contributed by atoms with Crippen LogP contribution in [-0.2, 0) is 19.2 Å². The Morgan fingerprint density at radius 3 is 1.63 bits per heavy atom. The molecule has 9 heteroatoms. The molecule has 0 bridgehead atoms. The summed E-state index contributed by atoms with van der Waals surface area (Å²) in [5.41, 5.74) is 0. The van der Waals surface area contributed by atoms with Crippen LogP contribution in [0.5, 0.6) is 0 Å². The lowest BCUT2D eigenvalue weighted by atomic mass is 9.85. The van der Waals surface area contributed by atoms with Gasteiger partial charge in [-0.1, -0.05) is 41.9 Å². The van der Waals surface area contributed by atoms with Crippen molar-refractivity contribution in [3.63, 3.8) is 0 Å². The minimum Gasteiger partial charge on any atom is -0.297 e. The number of carbonyl (C=O) groups is 4. The normalized spacial score (nSPS) is 32.1. The van der Waals surface area contributed by atoms with Crippen molar-refractivity contribution >= 4 is 46.8 Å². The fourth-order valence-electron chi connectivity index (χ4n) is 4.93. The molecule has 0 spiro atoms. The Morgan fingerprint density at radius 2 is 1.23 bits per heavy atom. The van der Waals surface area contributed by atoms with Gasteiger partial charge in [-0.05, 0) is 31.8 Å². The third kappa shape index (κ3) is 3.63. The van der Waals surface area contributed by atoms with Gasteiger partial charge >= 0.3 is 0 Å². The van der Waals surface area contributed by atoms with Gasteiger partial charge in [0.25, 0.3) is 0 Å². The van der Waals surface area contributed by atoms with Crippen molar-refractivity contribution in [2.45, 2.75) is 25.7 Å². The molecule has 2 aliphatic carbocycles. The number of nitrogens with one attached hydrogen (secondary N) is 1. The van der Waals surface area contributed by atoms with E-state index < -0.39 is 11.8 Å². The molecule has 7 nitrogen and oxygen atoms in total. The van der Waals surface area contributed by atoms with E-state index in [9.17, 15) is 19.2 Å². The van der Waals surface area contributed by atoms with Crippen LogP contribution in [0.4, 0.5) is 0 Å². The molecule has 0 radical (unpaired) electrons. The van der Waals surface area contributed by atoms with Gasteiger partial charge in [0.1, 0.15) is 0 Å². The summed E-state index contributed by atoms with van der Waals surface area (Å²) < 4.78 is 0. The van der Waals surface area contributed by atoms with E-state index >= 15 is 0 Å². The lowest BCUT2D eigenvalue weighted by molar-refractivity contribution is -0.909. The van der Waals surface area contributed by atoms with Crippen LogP contribution >= 0.6 is 23.2 Å². The maximum absolute atomic E-state index is 12.9. The standard InChI is InChI=1S/C21H23Cl2N3O4/c1-2-7-24(10-25-18(27)14-5-3-12(22)8-16(14)20(25)29)11-26-19(28)15-6-4-13(23)9-17(15)21(26)30/h2-4,14-17H,1,5-11H2/p+1/t14-,15-,16-,17+/m1/s1. The Kier molecular flexibility index (Phi) is 5.88. The van der Waals surface area contributed by atoms with E-state index in [0.29, 0.717) is 42.3 Å². The third-order valence-electron chi connectivity index (χ3n) is 6.52. The predicted molar refractivity (Wildman–Crippen MR) is 110 cm³/mol. The zero-order valence-electron chi connectivity index (χ0n) is 16.5. The second-order valence-electron chi connectivity index (χ2n) is 8.38. The van der Waals surface area contributed by atoms with Gasteiger partial charge in [0.05, 0.1) is 30.2 Å². The molecular weight excluding hydrogens is 429 g/mol. The van der Waals surface area contributed by atoms with Crippen molar-refractivity contribution < 1.29 is 24.1 Å². The van der Waals surface area contributed by atoms with Gasteiger partial charge in [0, 0.05) is 10.1 Å². The fourth-order valence-corrected chi connectivity index (χ4v) is 5.44. The number of nitrogens with zero attached hydrogens (tertiary/aromatic N) is 2. The molecule has 2 heterocycles. The third-order valence-corrected chi connectivity index (χ3v) is 7.13. The second-order valence-corrected chi connectivity index (χ2v) is 9.35. The van der Waals surface area contributed by atoms with Gasteiger partial charge < -0.3 is 0 Å². The lowest BCUT2D eigenvalue weighted by Gasteiger charge is -2.26. The molecule has 4 rings (SSSR count). The van der Waals surface area contributed by atoms with Crippen molar-refractivity contribution in [1.29, 1.82) is 0 Å². The van der Waals surface area contributed by atoms with Crippen molar-refractivity contribution in [1.82, 2.24) is 9.80 Å². The molecule has 0 aromatic rings. The summed E-state index contributed by atoms with van der Waals surface area (Å²) in [6.07, 6.45) is 6.93. The number of hydrogen-bond acceptors (Lipinski definition) is 4. The molecule has 0 saturated carbocycles. The Labute approximate surface area is 184 Å². The van der Waals surface area contributed by atoms with Crippen LogP contribution in [0.3, 0.4) is 0 Å². The van der Waals surface area contributed by atoms with Gasteiger partial charge in [-0.2, -0.15) is 0 Å². The van der Waals surface area contributed by atoms with E-state index in [1.54, 1.807) is 18.2 Å². The largest absolute Gasteiger partial charge is 0.297 e. The number of halogens is 2. The molecule has 1 unspecified atom stereocenters. The number of quaternary nitrogens is 1. The minimum absolute atomic E-state index is 0.0830. The number of allylic oxidation sites excluding steroid dienone is 4. The maximum Gasteiger partial charge on any atom is 0.237 e. The fraction of sp³-hybridized carbons (Fsp3) is 0.524. The van der Waals surface area contributed by atoms with E-state index in [4.69, 9.17) is 23.2 Å². The zero-order valence-corrected chi connectivity index (χ0v) is 18.0. The van der Waals surface area contributed by atoms with Crippen LogP contribution in [0.2, 0.25) is 0 Å². The molecule has 4 aliphatic rings. The summed E-state index contributed by atoms with van der Waals surface area (Å²) in [5, 5.41) is 1.22. The van der Waals surface area contributed by atoms with Crippen LogP contribution < -0.4 is 4.90 Å². The number of imide groups is 2. The Hall–Kier alpha value is -1.96. The quantitative estimate of drug-likeness (QED) is 0.481. The van der Waals surface area contributed by atoms with Crippen molar-refractivity contribution in [2.75, 3.05) is 19.9 Å². The van der Waals surface area contributed by atoms with E-state index in [1.807, 2.05) is 0 Å². The van der Waals surface area contributed by atoms with Gasteiger partial charge in [0.15, 0.2) is 13.3 Å². The number of hydrogen-bond donors (Lipinski definition) is 1. The highest BCUT2D eigenvalue weighted by Crippen LogP contribution is 2.39. The van der Waals surface area contributed by atoms with Crippen molar-refractivity contribution in [3.05, 3.63) is 34.9 Å². The van der Waals surface area contributed by atoms with E-state index in [2.05, 4.69) is 6.58 Å². The average molecular weight is 453 g/mol. The highest BCUT2D eigenvalue weighted by molar-refractivity contribution is 6.30. The monoisotopic (exact) mass is 452 g/mol. The second kappa shape index (κ2) is 8.29. The molecule has 5 atom stereocenters. The molecule has 2 fully saturated rings. The van der Waals surface area contributed by atoms with Crippen molar-refractivity contribution in [2.24, 2.45) is 23.7 Å². The van der Waals surface area contributed by atoms with Crippen LogP contribution in [-0.4, -0.2) is 53.3 Å². The SMILES string of the molecule is C=CC[NH+](CN1C(=O)[C@H]2CC(Cl)=CC[C@H]2C1=O)CN1C(=O)[C@@H]2CC=C(Cl)C[C@H]2C1=O. The molecule has 0 aromatic heterocycles. The first-order chi connectivity index (χ1) is 14.3. The van der Waals surface area contributed by atoms with Crippen LogP contribution in [0.1, 0.15) is 25.7 Å². The van der Waals surface area contributed by atoms with E-state index in [0.717, 1.165) is 4.90 Å². The molecule has 2 saturated heterocycles. The Morgan fingerprint density at radius 1 is 0.833 bits per heavy atom. The summed E-state index contributed by atoms with van der Waals surface area (Å²) in [6.45, 7) is 4.31. The smallest absolute Gasteiger partial charge is 0.237 e. The van der Waals surface area contributed by atoms with Crippen LogP contribution in [0.15, 0.2) is 34.9 Å². The number of amides is 4. The van der Waals surface area contributed by atoms with Crippen LogP contribution in [0, 0.1) is 23.7 Å². The number of fused-ring (bicyclic) bond motifs is 2. The zero-order chi connectivity index (χ0) is 21.6. The van der Waals surface area contributed by atoms with E-state index in [-0.39, 0.29) is 48.8 Å². The van der Waals surface area contributed by atoms with Gasteiger partial charge in [0.2, 0.25) is 23.6 Å². The Bertz CT molecular complexity index is 817. The summed E-state index contributed by atoms with van der Waals surface area (Å²) in [6, 6.07) is 0. The molecule has 30 heavy (non-hydrogen) atoms. The van der Waals surface area contributed by atoms with Crippen molar-refractivity contribution in [3.8, 4) is 0 Å². The summed E-state index contributed by atoms with van der Waals surface area (Å²) in [4.78, 5) is 54.6. The Balaban J connectivity index is 1.47. The first-order valence-electron chi connectivity index (χ1n) is 10.2. The van der Waals surface area contributed by atoms with E-state index in [1.165, 1.54) is 9.80 Å². The highest BCUT2D eigenvalue weighted by Gasteiger charge is 2.51. The number of likely N-dealkylation sites (tertiary alicyclic amines) is 2.